The Hall–Kier alpha value is -1.22. The van der Waals surface area contributed by atoms with Gasteiger partial charge < -0.3 is 15.2 Å². The lowest BCUT2D eigenvalue weighted by Crippen LogP contribution is -2.35. The average molecular weight is 221 g/mol. The van der Waals surface area contributed by atoms with Crippen LogP contribution in [0.15, 0.2) is 18.2 Å². The molecule has 0 saturated carbocycles. The van der Waals surface area contributed by atoms with Crippen molar-refractivity contribution in [3.63, 3.8) is 0 Å². The molecule has 0 aliphatic carbocycles. The maximum absolute atomic E-state index is 5.91. The minimum Gasteiger partial charge on any atom is -0.490 e. The molecule has 2 atom stereocenters. The number of hydrogen-bond donors (Lipinski definition) is 1. The van der Waals surface area contributed by atoms with Crippen LogP contribution < -0.4 is 15.2 Å². The van der Waals surface area contributed by atoms with E-state index < -0.39 is 0 Å². The molecule has 16 heavy (non-hydrogen) atoms. The quantitative estimate of drug-likeness (QED) is 0.849. The Labute approximate surface area is 96.5 Å². The topological polar surface area (TPSA) is 44.5 Å². The summed E-state index contributed by atoms with van der Waals surface area (Å²) in [5.41, 5.74) is 7.12. The molecule has 0 amide bonds. The minimum atomic E-state index is 0.170. The van der Waals surface area contributed by atoms with Crippen molar-refractivity contribution in [3.05, 3.63) is 23.8 Å². The summed E-state index contributed by atoms with van der Waals surface area (Å²) < 4.78 is 11.3. The Morgan fingerprint density at radius 1 is 1.56 bits per heavy atom. The summed E-state index contributed by atoms with van der Waals surface area (Å²) in [6, 6.07) is 6.22. The molecule has 0 fully saturated rings. The van der Waals surface area contributed by atoms with E-state index in [0.717, 1.165) is 17.9 Å². The third-order valence-corrected chi connectivity index (χ3v) is 3.03. The lowest BCUT2D eigenvalue weighted by atomic mass is 9.91. The highest BCUT2D eigenvalue weighted by Gasteiger charge is 2.24. The van der Waals surface area contributed by atoms with E-state index in [1.807, 2.05) is 26.0 Å². The summed E-state index contributed by atoms with van der Waals surface area (Å²) in [6.45, 7) is 5.36. The Kier molecular flexibility index (Phi) is 3.34. The molecule has 1 aliphatic rings. The lowest BCUT2D eigenvalue weighted by molar-refractivity contribution is 0.192. The van der Waals surface area contributed by atoms with Crippen molar-refractivity contribution in [2.24, 2.45) is 11.7 Å². The summed E-state index contributed by atoms with van der Waals surface area (Å²) in [6.07, 6.45) is 0.980. The fourth-order valence-corrected chi connectivity index (χ4v) is 2.02. The van der Waals surface area contributed by atoms with Gasteiger partial charge in [-0.1, -0.05) is 12.1 Å². The fraction of sp³-hybridized carbons (Fsp3) is 0.538. The van der Waals surface area contributed by atoms with E-state index in [0.29, 0.717) is 19.1 Å². The predicted molar refractivity (Wildman–Crippen MR) is 63.9 cm³/mol. The fourth-order valence-electron chi connectivity index (χ4n) is 2.02. The van der Waals surface area contributed by atoms with E-state index in [1.165, 1.54) is 5.56 Å². The van der Waals surface area contributed by atoms with E-state index in [1.54, 1.807) is 0 Å². The number of hydrogen-bond acceptors (Lipinski definition) is 3. The Morgan fingerprint density at radius 2 is 2.38 bits per heavy atom. The van der Waals surface area contributed by atoms with Crippen LogP contribution in [0.4, 0.5) is 0 Å². The zero-order chi connectivity index (χ0) is 11.5. The first-order valence-corrected chi connectivity index (χ1v) is 5.85. The van der Waals surface area contributed by atoms with Gasteiger partial charge in [0.25, 0.3) is 0 Å². The normalized spacial score (nSPS) is 20.8. The number of rotatable bonds is 3. The first-order valence-electron chi connectivity index (χ1n) is 5.85. The third kappa shape index (κ3) is 2.14. The lowest BCUT2D eigenvalue weighted by Gasteiger charge is -2.28. The van der Waals surface area contributed by atoms with Gasteiger partial charge in [-0.05, 0) is 31.9 Å². The molecule has 2 N–H and O–H groups in total. The van der Waals surface area contributed by atoms with Gasteiger partial charge in [-0.15, -0.1) is 0 Å². The van der Waals surface area contributed by atoms with Gasteiger partial charge in [0.2, 0.25) is 0 Å². The molecule has 2 rings (SSSR count). The third-order valence-electron chi connectivity index (χ3n) is 3.03. The van der Waals surface area contributed by atoms with Crippen LogP contribution in [0.3, 0.4) is 0 Å². The highest BCUT2D eigenvalue weighted by molar-refractivity contribution is 5.47. The van der Waals surface area contributed by atoms with Crippen molar-refractivity contribution >= 4 is 0 Å². The molecular formula is C13H19NO2. The van der Waals surface area contributed by atoms with Crippen molar-refractivity contribution in [3.8, 4) is 11.5 Å². The maximum atomic E-state index is 5.91. The molecule has 0 aromatic heterocycles. The van der Waals surface area contributed by atoms with Crippen molar-refractivity contribution in [1.29, 1.82) is 0 Å². The van der Waals surface area contributed by atoms with Crippen LogP contribution in [0.2, 0.25) is 0 Å². The molecule has 1 aromatic carbocycles. The maximum Gasteiger partial charge on any atom is 0.164 e. The largest absolute Gasteiger partial charge is 0.490 e. The summed E-state index contributed by atoms with van der Waals surface area (Å²) in [7, 11) is 0. The van der Waals surface area contributed by atoms with Crippen LogP contribution in [-0.4, -0.2) is 19.3 Å². The van der Waals surface area contributed by atoms with Crippen molar-refractivity contribution < 1.29 is 9.47 Å². The van der Waals surface area contributed by atoms with E-state index in [4.69, 9.17) is 15.2 Å². The van der Waals surface area contributed by atoms with Gasteiger partial charge in [-0.25, -0.2) is 0 Å². The van der Waals surface area contributed by atoms with Crippen LogP contribution in [0.5, 0.6) is 11.5 Å². The van der Waals surface area contributed by atoms with E-state index in [2.05, 4.69) is 6.07 Å². The monoisotopic (exact) mass is 221 g/mol. The molecule has 3 heteroatoms. The first kappa shape index (κ1) is 11.3. The van der Waals surface area contributed by atoms with Gasteiger partial charge in [0.15, 0.2) is 11.5 Å². The number of nitrogens with two attached hydrogens (primary N) is 1. The molecule has 1 unspecified atom stereocenters. The minimum absolute atomic E-state index is 0.170. The molecule has 1 aromatic rings. The van der Waals surface area contributed by atoms with Crippen LogP contribution in [0, 0.1) is 5.92 Å². The molecule has 88 valence electrons. The van der Waals surface area contributed by atoms with Crippen LogP contribution in [0.25, 0.3) is 0 Å². The summed E-state index contributed by atoms with van der Waals surface area (Å²) in [5.74, 6) is 2.16. The zero-order valence-corrected chi connectivity index (χ0v) is 9.90. The van der Waals surface area contributed by atoms with E-state index in [9.17, 15) is 0 Å². The Bertz CT molecular complexity index is 363. The molecule has 1 aliphatic heterocycles. The standard InChI is InChI=1S/C13H19NO2/c1-3-15-12-6-4-5-10-7-11(9(2)14)8-16-13(10)12/h4-6,9,11H,3,7-8,14H2,1-2H3/t9-,11?/m1/s1. The van der Waals surface area contributed by atoms with Crippen molar-refractivity contribution in [1.82, 2.24) is 0 Å². The average Bonchev–Trinajstić information content (AvgIpc) is 2.29. The second-order valence-corrected chi connectivity index (χ2v) is 4.31. The molecule has 0 radical (unpaired) electrons. The number of fused-ring (bicyclic) bond motifs is 1. The van der Waals surface area contributed by atoms with Crippen molar-refractivity contribution in [2.45, 2.75) is 26.3 Å². The van der Waals surface area contributed by atoms with Gasteiger partial charge in [-0.3, -0.25) is 0 Å². The molecular weight excluding hydrogens is 202 g/mol. The second-order valence-electron chi connectivity index (χ2n) is 4.31. The highest BCUT2D eigenvalue weighted by Crippen LogP contribution is 2.36. The summed E-state index contributed by atoms with van der Waals surface area (Å²) in [5, 5.41) is 0. The molecule has 3 nitrogen and oxygen atoms in total. The predicted octanol–water partition coefficient (Wildman–Crippen LogP) is 1.98. The van der Waals surface area contributed by atoms with Gasteiger partial charge in [0.05, 0.1) is 13.2 Å². The first-order chi connectivity index (χ1) is 7.72. The number of para-hydroxylation sites is 1. The van der Waals surface area contributed by atoms with Crippen LogP contribution >= 0.6 is 0 Å². The molecule has 0 spiro atoms. The van der Waals surface area contributed by atoms with Gasteiger partial charge in [-0.2, -0.15) is 0 Å². The van der Waals surface area contributed by atoms with E-state index in [-0.39, 0.29) is 6.04 Å². The van der Waals surface area contributed by atoms with Gasteiger partial charge in [0, 0.05) is 12.0 Å². The number of ether oxygens (including phenoxy) is 2. The molecule has 1 heterocycles. The van der Waals surface area contributed by atoms with Gasteiger partial charge >= 0.3 is 0 Å². The van der Waals surface area contributed by atoms with Crippen LogP contribution in [0.1, 0.15) is 19.4 Å². The summed E-state index contributed by atoms with van der Waals surface area (Å²) >= 11 is 0. The van der Waals surface area contributed by atoms with Crippen molar-refractivity contribution in [2.75, 3.05) is 13.2 Å². The van der Waals surface area contributed by atoms with E-state index >= 15 is 0 Å². The Morgan fingerprint density at radius 3 is 3.06 bits per heavy atom. The molecule has 0 saturated heterocycles. The highest BCUT2D eigenvalue weighted by atomic mass is 16.5. The van der Waals surface area contributed by atoms with Gasteiger partial charge in [0.1, 0.15) is 0 Å². The smallest absolute Gasteiger partial charge is 0.164 e. The SMILES string of the molecule is CCOc1cccc2c1OCC([C@@H](C)N)C2. The van der Waals surface area contributed by atoms with Crippen LogP contribution in [-0.2, 0) is 6.42 Å². The summed E-state index contributed by atoms with van der Waals surface area (Å²) in [4.78, 5) is 0. The number of benzene rings is 1. The zero-order valence-electron chi connectivity index (χ0n) is 9.90. The Balaban J connectivity index is 2.23. The second kappa shape index (κ2) is 4.74. The molecule has 0 bridgehead atoms.